The fourth-order valence-corrected chi connectivity index (χ4v) is 3.00. The number of hydrogen-bond donors (Lipinski definition) is 1. The molecule has 0 amide bonds. The van der Waals surface area contributed by atoms with Crippen LogP contribution in [-0.4, -0.2) is 28.5 Å². The Kier molecular flexibility index (Phi) is 2.35. The number of aromatic nitrogens is 3. The third kappa shape index (κ3) is 1.75. The highest BCUT2D eigenvalue weighted by Crippen LogP contribution is 2.29. The number of sulfonamides is 1. The minimum Gasteiger partial charge on any atom is -0.329 e. The van der Waals surface area contributed by atoms with Crippen molar-refractivity contribution < 1.29 is 8.42 Å². The molecule has 2 aromatic rings. The predicted molar refractivity (Wildman–Crippen MR) is 65.5 cm³/mol. The highest BCUT2D eigenvalue weighted by Gasteiger charge is 2.24. The van der Waals surface area contributed by atoms with Gasteiger partial charge in [0.05, 0.1) is 11.4 Å². The molecule has 1 aromatic carbocycles. The van der Waals surface area contributed by atoms with Crippen molar-refractivity contribution in [1.82, 2.24) is 14.8 Å². The van der Waals surface area contributed by atoms with Crippen LogP contribution in [-0.2, 0) is 10.0 Å². The molecular weight excluding hydrogens is 278 g/mol. The maximum atomic E-state index is 11.8. The second-order valence-electron chi connectivity index (χ2n) is 3.50. The highest BCUT2D eigenvalue weighted by atomic mass is 35.5. The Morgan fingerprint density at radius 3 is 2.89 bits per heavy atom. The average molecular weight is 284 g/mol. The van der Waals surface area contributed by atoms with Crippen LogP contribution in [0.1, 0.15) is 0 Å². The molecule has 2 heterocycles. The molecule has 1 aliphatic rings. The van der Waals surface area contributed by atoms with E-state index in [2.05, 4.69) is 19.8 Å². The first-order valence-corrected chi connectivity index (χ1v) is 6.65. The molecule has 0 radical (unpaired) electrons. The molecule has 0 saturated heterocycles. The molecule has 0 atom stereocenters. The van der Waals surface area contributed by atoms with Gasteiger partial charge in [0, 0.05) is 0 Å². The standard InChI is InChI=1S/C9H6ClN5O2S/c10-9-13-7-2-1-6(15-5-11-4-12-15)3-8(7)18(16,17)14-9/h1-5H,(H,13,14). The van der Waals surface area contributed by atoms with Gasteiger partial charge in [-0.05, 0) is 29.8 Å². The Balaban J connectivity index is 2.20. The Morgan fingerprint density at radius 1 is 1.33 bits per heavy atom. The largest absolute Gasteiger partial charge is 0.329 e. The van der Waals surface area contributed by atoms with E-state index in [9.17, 15) is 8.42 Å². The molecule has 3 rings (SSSR count). The van der Waals surface area contributed by atoms with E-state index in [-0.39, 0.29) is 10.2 Å². The summed E-state index contributed by atoms with van der Waals surface area (Å²) >= 11 is 5.60. The number of halogens is 1. The van der Waals surface area contributed by atoms with Gasteiger partial charge < -0.3 is 5.32 Å². The normalized spacial score (nSPS) is 16.6. The first kappa shape index (κ1) is 11.2. The number of nitrogens with zero attached hydrogens (tertiary/aromatic N) is 4. The Hall–Kier alpha value is -1.93. The van der Waals surface area contributed by atoms with E-state index in [1.54, 1.807) is 12.1 Å². The molecule has 92 valence electrons. The number of rotatable bonds is 1. The van der Waals surface area contributed by atoms with E-state index in [0.717, 1.165) is 0 Å². The van der Waals surface area contributed by atoms with Gasteiger partial charge in [-0.3, -0.25) is 0 Å². The van der Waals surface area contributed by atoms with E-state index >= 15 is 0 Å². The topological polar surface area (TPSA) is 89.2 Å². The van der Waals surface area contributed by atoms with Crippen LogP contribution in [0.15, 0.2) is 40.1 Å². The third-order valence-corrected chi connectivity index (χ3v) is 3.96. The Morgan fingerprint density at radius 2 is 2.17 bits per heavy atom. The summed E-state index contributed by atoms with van der Waals surface area (Å²) in [5, 5.41) is 6.44. The molecule has 0 aliphatic carbocycles. The van der Waals surface area contributed by atoms with Crippen LogP contribution in [0.5, 0.6) is 0 Å². The summed E-state index contributed by atoms with van der Waals surface area (Å²) in [7, 11) is -3.77. The summed E-state index contributed by atoms with van der Waals surface area (Å²) in [6, 6.07) is 4.76. The summed E-state index contributed by atoms with van der Waals surface area (Å²) in [6.45, 7) is 0. The summed E-state index contributed by atoms with van der Waals surface area (Å²) < 4.78 is 28.5. The number of fused-ring (bicyclic) bond motifs is 1. The van der Waals surface area contributed by atoms with E-state index in [0.29, 0.717) is 11.4 Å². The van der Waals surface area contributed by atoms with Gasteiger partial charge in [0.1, 0.15) is 17.6 Å². The number of amidine groups is 1. The molecule has 7 nitrogen and oxygen atoms in total. The molecule has 9 heteroatoms. The van der Waals surface area contributed by atoms with Crippen molar-refractivity contribution in [3.8, 4) is 5.69 Å². The maximum absolute atomic E-state index is 11.8. The lowest BCUT2D eigenvalue weighted by atomic mass is 10.3. The smallest absolute Gasteiger partial charge is 0.287 e. The molecule has 18 heavy (non-hydrogen) atoms. The zero-order valence-corrected chi connectivity index (χ0v) is 10.4. The predicted octanol–water partition coefficient (Wildman–Crippen LogP) is 0.976. The quantitative estimate of drug-likeness (QED) is 0.788. The van der Waals surface area contributed by atoms with Crippen LogP contribution < -0.4 is 5.32 Å². The number of nitrogens with one attached hydrogen (secondary N) is 1. The summed E-state index contributed by atoms with van der Waals surface area (Å²) in [4.78, 5) is 3.85. The van der Waals surface area contributed by atoms with Crippen molar-refractivity contribution in [3.63, 3.8) is 0 Å². The second kappa shape index (κ2) is 3.79. The molecule has 0 fully saturated rings. The molecule has 1 aliphatic heterocycles. The maximum Gasteiger partial charge on any atom is 0.287 e. The van der Waals surface area contributed by atoms with Crippen LogP contribution in [0.4, 0.5) is 5.69 Å². The van der Waals surface area contributed by atoms with Crippen LogP contribution >= 0.6 is 11.6 Å². The lowest BCUT2D eigenvalue weighted by Gasteiger charge is -2.15. The van der Waals surface area contributed by atoms with Crippen molar-refractivity contribution in [2.24, 2.45) is 4.40 Å². The molecule has 0 saturated carbocycles. The average Bonchev–Trinajstić information content (AvgIpc) is 2.81. The van der Waals surface area contributed by atoms with Gasteiger partial charge in [-0.25, -0.2) is 9.67 Å². The van der Waals surface area contributed by atoms with Gasteiger partial charge in [-0.15, -0.1) is 4.40 Å². The zero-order valence-electron chi connectivity index (χ0n) is 8.78. The summed E-state index contributed by atoms with van der Waals surface area (Å²) in [6.07, 6.45) is 2.84. The van der Waals surface area contributed by atoms with E-state index in [1.165, 1.54) is 23.4 Å². The van der Waals surface area contributed by atoms with Gasteiger partial charge in [0.2, 0.25) is 5.29 Å². The lowest BCUT2D eigenvalue weighted by molar-refractivity contribution is 0.598. The van der Waals surface area contributed by atoms with Crippen LogP contribution in [0.25, 0.3) is 5.69 Å². The van der Waals surface area contributed by atoms with Crippen molar-refractivity contribution >= 4 is 32.6 Å². The molecule has 0 unspecified atom stereocenters. The van der Waals surface area contributed by atoms with Gasteiger partial charge in [0.25, 0.3) is 10.0 Å². The molecule has 0 bridgehead atoms. The van der Waals surface area contributed by atoms with E-state index in [1.807, 2.05) is 0 Å². The van der Waals surface area contributed by atoms with Crippen LogP contribution in [0.2, 0.25) is 0 Å². The lowest BCUT2D eigenvalue weighted by Crippen LogP contribution is -2.17. The fourth-order valence-electron chi connectivity index (χ4n) is 1.60. The summed E-state index contributed by atoms with van der Waals surface area (Å²) in [5.41, 5.74) is 0.962. The number of anilines is 1. The second-order valence-corrected chi connectivity index (χ2v) is 5.43. The number of hydrogen-bond acceptors (Lipinski definition) is 5. The van der Waals surface area contributed by atoms with E-state index in [4.69, 9.17) is 11.6 Å². The fraction of sp³-hybridized carbons (Fsp3) is 0. The third-order valence-electron chi connectivity index (χ3n) is 2.36. The highest BCUT2D eigenvalue weighted by molar-refractivity contribution is 7.90. The van der Waals surface area contributed by atoms with Crippen molar-refractivity contribution in [2.75, 3.05) is 5.32 Å². The van der Waals surface area contributed by atoms with Crippen LogP contribution in [0.3, 0.4) is 0 Å². The van der Waals surface area contributed by atoms with Crippen molar-refractivity contribution in [2.45, 2.75) is 4.90 Å². The zero-order chi connectivity index (χ0) is 12.8. The van der Waals surface area contributed by atoms with E-state index < -0.39 is 10.0 Å². The Bertz CT molecular complexity index is 738. The van der Waals surface area contributed by atoms with Crippen molar-refractivity contribution in [1.29, 1.82) is 0 Å². The minimum atomic E-state index is -3.77. The Labute approximate surface area is 107 Å². The molecule has 1 N–H and O–H groups in total. The van der Waals surface area contributed by atoms with Crippen molar-refractivity contribution in [3.05, 3.63) is 30.9 Å². The minimum absolute atomic E-state index is 0.0555. The molecule has 0 spiro atoms. The monoisotopic (exact) mass is 283 g/mol. The SMILES string of the molecule is O=S1(=O)N=C(Cl)Nc2ccc(-n3cncn3)cc21. The first-order chi connectivity index (χ1) is 8.56. The molecule has 1 aromatic heterocycles. The van der Waals surface area contributed by atoms with Crippen LogP contribution in [0, 0.1) is 0 Å². The van der Waals surface area contributed by atoms with Gasteiger partial charge in [-0.2, -0.15) is 13.5 Å². The van der Waals surface area contributed by atoms with Gasteiger partial charge in [0.15, 0.2) is 0 Å². The van der Waals surface area contributed by atoms with Gasteiger partial charge >= 0.3 is 0 Å². The molecular formula is C9H6ClN5O2S. The summed E-state index contributed by atoms with van der Waals surface area (Å²) in [5.74, 6) is 0. The van der Waals surface area contributed by atoms with Gasteiger partial charge in [-0.1, -0.05) is 0 Å². The number of benzene rings is 1. The first-order valence-electron chi connectivity index (χ1n) is 4.83.